The van der Waals surface area contributed by atoms with E-state index in [1.54, 1.807) is 0 Å². The van der Waals surface area contributed by atoms with Crippen molar-refractivity contribution in [3.8, 4) is 0 Å². The predicted molar refractivity (Wildman–Crippen MR) is 94.3 cm³/mol. The molecule has 23 heavy (non-hydrogen) atoms. The minimum atomic E-state index is 0.0389. The van der Waals surface area contributed by atoms with Gasteiger partial charge in [0.1, 0.15) is 5.78 Å². The Hall–Kier alpha value is -0.370. The number of Topliss-reactive ketones (excluding diaryl/α,β-unsaturated/α-hetero) is 1. The third kappa shape index (κ3) is 3.13. The lowest BCUT2D eigenvalue weighted by molar-refractivity contribution is -0.131. The summed E-state index contributed by atoms with van der Waals surface area (Å²) < 4.78 is 5.87. The summed E-state index contributed by atoms with van der Waals surface area (Å²) >= 11 is 0. The van der Waals surface area contributed by atoms with E-state index in [9.17, 15) is 4.79 Å². The number of methoxy groups -OCH3 is 1. The number of ether oxygens (including phenoxy) is 1. The van der Waals surface area contributed by atoms with E-state index in [1.165, 1.54) is 51.4 Å². The van der Waals surface area contributed by atoms with Gasteiger partial charge in [0.15, 0.2) is 0 Å². The first-order valence-electron chi connectivity index (χ1n) is 10.0. The van der Waals surface area contributed by atoms with Crippen LogP contribution in [0.4, 0.5) is 0 Å². The zero-order chi connectivity index (χ0) is 16.7. The van der Waals surface area contributed by atoms with E-state index in [1.807, 2.05) is 7.11 Å². The molecule has 0 aromatic carbocycles. The average molecular weight is 321 g/mol. The first-order chi connectivity index (χ1) is 10.9. The second-order valence-electron chi connectivity index (χ2n) is 9.24. The normalized spacial score (nSPS) is 42.9. The van der Waals surface area contributed by atoms with Gasteiger partial charge in [-0.05, 0) is 75.5 Å². The monoisotopic (exact) mass is 320 g/mol. The number of rotatable bonds is 5. The van der Waals surface area contributed by atoms with Gasteiger partial charge in [0.05, 0.1) is 5.60 Å². The van der Waals surface area contributed by atoms with Gasteiger partial charge in [0.2, 0.25) is 0 Å². The van der Waals surface area contributed by atoms with Gasteiger partial charge in [0.25, 0.3) is 0 Å². The summed E-state index contributed by atoms with van der Waals surface area (Å²) in [7, 11) is 1.89. The van der Waals surface area contributed by atoms with Crippen molar-refractivity contribution in [2.75, 3.05) is 7.11 Å². The van der Waals surface area contributed by atoms with Crippen LogP contribution in [0.15, 0.2) is 0 Å². The third-order valence-electron chi connectivity index (χ3n) is 7.83. The highest BCUT2D eigenvalue weighted by Gasteiger charge is 2.54. The van der Waals surface area contributed by atoms with Gasteiger partial charge in [-0.15, -0.1) is 0 Å². The molecular formula is C21H36O2. The summed E-state index contributed by atoms with van der Waals surface area (Å²) in [6.07, 6.45) is 12.2. The van der Waals surface area contributed by atoms with Crippen LogP contribution in [0.25, 0.3) is 0 Å². The Morgan fingerprint density at radius 1 is 1.26 bits per heavy atom. The van der Waals surface area contributed by atoms with Crippen LogP contribution in [-0.4, -0.2) is 18.5 Å². The fourth-order valence-electron chi connectivity index (χ4n) is 6.45. The first kappa shape index (κ1) is 17.5. The lowest BCUT2D eigenvalue weighted by atomic mass is 9.55. The second kappa shape index (κ2) is 6.50. The molecule has 0 unspecified atom stereocenters. The van der Waals surface area contributed by atoms with Crippen molar-refractivity contribution in [2.24, 2.45) is 29.1 Å². The number of carbonyl (C=O) groups excluding carboxylic acids is 1. The van der Waals surface area contributed by atoms with Crippen LogP contribution in [0, 0.1) is 29.1 Å². The van der Waals surface area contributed by atoms with E-state index in [-0.39, 0.29) is 11.0 Å². The second-order valence-corrected chi connectivity index (χ2v) is 9.24. The maximum absolute atomic E-state index is 12.4. The van der Waals surface area contributed by atoms with E-state index in [0.717, 1.165) is 30.6 Å². The third-order valence-corrected chi connectivity index (χ3v) is 7.83. The van der Waals surface area contributed by atoms with Crippen molar-refractivity contribution in [1.29, 1.82) is 0 Å². The maximum atomic E-state index is 12.4. The standard InChI is InChI=1S/C21H36O2/c1-5-11-20(2,23-4)14-15-6-7-17-16(13-15)10-12-21(3)18(17)8-9-19(21)22/h15-18H,5-14H2,1-4H3/t15-,16-,17-,18+,20-,21+/m1/s1. The van der Waals surface area contributed by atoms with Gasteiger partial charge < -0.3 is 4.74 Å². The minimum absolute atomic E-state index is 0.0389. The molecule has 0 radical (unpaired) electrons. The molecule has 3 aliphatic rings. The average Bonchev–Trinajstić information content (AvgIpc) is 2.83. The van der Waals surface area contributed by atoms with Crippen LogP contribution < -0.4 is 0 Å². The number of hydrogen-bond acceptors (Lipinski definition) is 2. The van der Waals surface area contributed by atoms with Gasteiger partial charge in [-0.2, -0.15) is 0 Å². The molecule has 3 aliphatic carbocycles. The number of ketones is 1. The lowest BCUT2D eigenvalue weighted by Gasteiger charge is -2.50. The van der Waals surface area contributed by atoms with Crippen LogP contribution in [0.2, 0.25) is 0 Å². The van der Waals surface area contributed by atoms with Gasteiger partial charge in [-0.3, -0.25) is 4.79 Å². The molecule has 0 bridgehead atoms. The number of fused-ring (bicyclic) bond motifs is 3. The molecule has 2 heteroatoms. The molecule has 0 amide bonds. The molecule has 0 spiro atoms. The highest BCUT2D eigenvalue weighted by Crippen LogP contribution is 2.58. The summed E-state index contributed by atoms with van der Waals surface area (Å²) in [5.41, 5.74) is 0.107. The molecule has 0 heterocycles. The Labute approximate surface area is 142 Å². The van der Waals surface area contributed by atoms with Crippen LogP contribution in [-0.2, 0) is 9.53 Å². The van der Waals surface area contributed by atoms with Crippen LogP contribution in [0.1, 0.15) is 85.0 Å². The van der Waals surface area contributed by atoms with Crippen molar-refractivity contribution >= 4 is 5.78 Å². The molecule has 3 fully saturated rings. The molecule has 0 aromatic rings. The van der Waals surface area contributed by atoms with Crippen molar-refractivity contribution in [2.45, 2.75) is 90.6 Å². The molecule has 132 valence electrons. The fraction of sp³-hybridized carbons (Fsp3) is 0.952. The summed E-state index contributed by atoms with van der Waals surface area (Å²) in [5.74, 6) is 3.79. The maximum Gasteiger partial charge on any atom is 0.139 e. The zero-order valence-electron chi connectivity index (χ0n) is 15.7. The lowest BCUT2D eigenvalue weighted by Crippen LogP contribution is -2.44. The van der Waals surface area contributed by atoms with Crippen LogP contribution in [0.5, 0.6) is 0 Å². The van der Waals surface area contributed by atoms with Crippen molar-refractivity contribution in [3.63, 3.8) is 0 Å². The van der Waals surface area contributed by atoms with E-state index in [4.69, 9.17) is 4.74 Å². The highest BCUT2D eigenvalue weighted by molar-refractivity contribution is 5.87. The summed E-state index contributed by atoms with van der Waals surface area (Å²) in [5, 5.41) is 0. The number of hydrogen-bond donors (Lipinski definition) is 0. The van der Waals surface area contributed by atoms with Gasteiger partial charge >= 0.3 is 0 Å². The molecular weight excluding hydrogens is 284 g/mol. The molecule has 3 rings (SSSR count). The Morgan fingerprint density at radius 2 is 2.04 bits per heavy atom. The molecule has 0 aliphatic heterocycles. The molecule has 6 atom stereocenters. The van der Waals surface area contributed by atoms with Crippen molar-refractivity contribution < 1.29 is 9.53 Å². The Balaban J connectivity index is 1.64. The van der Waals surface area contributed by atoms with Gasteiger partial charge in [-0.25, -0.2) is 0 Å². The van der Waals surface area contributed by atoms with E-state index in [0.29, 0.717) is 11.7 Å². The predicted octanol–water partition coefficient (Wildman–Crippen LogP) is 5.39. The number of carbonyl (C=O) groups is 1. The summed E-state index contributed by atoms with van der Waals surface area (Å²) in [4.78, 5) is 12.4. The Bertz CT molecular complexity index is 445. The van der Waals surface area contributed by atoms with Crippen molar-refractivity contribution in [3.05, 3.63) is 0 Å². The van der Waals surface area contributed by atoms with E-state index >= 15 is 0 Å². The van der Waals surface area contributed by atoms with Crippen LogP contribution in [0.3, 0.4) is 0 Å². The SMILES string of the molecule is CCC[C@](C)(C[C@@H]1CC[C@@H]2[C@H](CC[C@]3(C)C(=O)CC[C@@H]23)C1)OC. The quantitative estimate of drug-likeness (QED) is 0.678. The smallest absolute Gasteiger partial charge is 0.139 e. The highest BCUT2D eigenvalue weighted by atomic mass is 16.5. The topological polar surface area (TPSA) is 26.3 Å². The molecule has 2 nitrogen and oxygen atoms in total. The fourth-order valence-corrected chi connectivity index (χ4v) is 6.45. The molecule has 0 aromatic heterocycles. The van der Waals surface area contributed by atoms with E-state index in [2.05, 4.69) is 20.8 Å². The largest absolute Gasteiger partial charge is 0.379 e. The zero-order valence-corrected chi connectivity index (χ0v) is 15.7. The van der Waals surface area contributed by atoms with Gasteiger partial charge in [-0.1, -0.05) is 26.7 Å². The molecule has 0 N–H and O–H groups in total. The van der Waals surface area contributed by atoms with Crippen molar-refractivity contribution in [1.82, 2.24) is 0 Å². The first-order valence-corrected chi connectivity index (χ1v) is 10.0. The Morgan fingerprint density at radius 3 is 2.74 bits per heavy atom. The molecule has 3 saturated carbocycles. The van der Waals surface area contributed by atoms with Gasteiger partial charge in [0, 0.05) is 18.9 Å². The Kier molecular flexibility index (Phi) is 4.93. The van der Waals surface area contributed by atoms with E-state index < -0.39 is 0 Å². The summed E-state index contributed by atoms with van der Waals surface area (Å²) in [6.45, 7) is 6.84. The van der Waals surface area contributed by atoms with Crippen LogP contribution >= 0.6 is 0 Å². The summed E-state index contributed by atoms with van der Waals surface area (Å²) in [6, 6.07) is 0. The molecule has 0 saturated heterocycles. The minimum Gasteiger partial charge on any atom is -0.379 e.